The van der Waals surface area contributed by atoms with Crippen LogP contribution in [0.15, 0.2) is 53.4 Å². The predicted molar refractivity (Wildman–Crippen MR) is 94.8 cm³/mol. The van der Waals surface area contributed by atoms with Crippen LogP contribution in [0.2, 0.25) is 0 Å². The molecule has 0 aliphatic rings. The Bertz CT molecular complexity index is 892. The van der Waals surface area contributed by atoms with Gasteiger partial charge in [-0.2, -0.15) is 0 Å². The summed E-state index contributed by atoms with van der Waals surface area (Å²) in [7, 11) is -0.532. The molecule has 2 rings (SSSR count). The number of rotatable bonds is 4. The summed E-state index contributed by atoms with van der Waals surface area (Å²) in [5.41, 5.74) is 1.35. The lowest BCUT2D eigenvalue weighted by Gasteiger charge is -2.16. The maximum absolute atomic E-state index is 12.3. The highest BCUT2D eigenvalue weighted by Crippen LogP contribution is 2.19. The first-order chi connectivity index (χ1) is 11.7. The molecular formula is C17H18N2O5S. The minimum absolute atomic E-state index is 0.0789. The SMILES string of the molecule is COC(=O)N(C)c1ccc(NC(=O)c2cccc(S(C)(=O)=O)c2)cc1. The van der Waals surface area contributed by atoms with Gasteiger partial charge in [-0.25, -0.2) is 13.2 Å². The van der Waals surface area contributed by atoms with Crippen molar-refractivity contribution in [3.63, 3.8) is 0 Å². The van der Waals surface area contributed by atoms with E-state index in [2.05, 4.69) is 10.1 Å². The Kier molecular flexibility index (Phi) is 5.43. The predicted octanol–water partition coefficient (Wildman–Crippen LogP) is 2.55. The van der Waals surface area contributed by atoms with Crippen LogP contribution in [-0.2, 0) is 14.6 Å². The molecule has 0 unspecified atom stereocenters. The van der Waals surface area contributed by atoms with Gasteiger partial charge in [0, 0.05) is 30.2 Å². The number of methoxy groups -OCH3 is 1. The molecule has 2 amide bonds. The molecule has 0 saturated heterocycles. The van der Waals surface area contributed by atoms with Gasteiger partial charge in [-0.1, -0.05) is 6.07 Å². The molecule has 0 heterocycles. The quantitative estimate of drug-likeness (QED) is 0.902. The van der Waals surface area contributed by atoms with Crippen molar-refractivity contribution >= 4 is 33.2 Å². The molecule has 0 fully saturated rings. The van der Waals surface area contributed by atoms with Crippen LogP contribution >= 0.6 is 0 Å². The third kappa shape index (κ3) is 4.57. The van der Waals surface area contributed by atoms with Gasteiger partial charge >= 0.3 is 6.09 Å². The summed E-state index contributed by atoms with van der Waals surface area (Å²) < 4.78 is 27.8. The highest BCUT2D eigenvalue weighted by atomic mass is 32.2. The van der Waals surface area contributed by atoms with E-state index in [1.165, 1.54) is 36.3 Å². The molecule has 25 heavy (non-hydrogen) atoms. The van der Waals surface area contributed by atoms with Crippen molar-refractivity contribution in [3.05, 3.63) is 54.1 Å². The highest BCUT2D eigenvalue weighted by Gasteiger charge is 2.13. The topological polar surface area (TPSA) is 92.8 Å². The number of nitrogens with one attached hydrogen (secondary N) is 1. The summed E-state index contributed by atoms with van der Waals surface area (Å²) in [6.07, 6.45) is 0.579. The Morgan fingerprint density at radius 3 is 2.28 bits per heavy atom. The summed E-state index contributed by atoms with van der Waals surface area (Å²) in [5.74, 6) is -0.431. The van der Waals surface area contributed by atoms with Gasteiger partial charge < -0.3 is 10.1 Å². The molecule has 0 bridgehead atoms. The Hall–Kier alpha value is -2.87. The standard InChI is InChI=1S/C17H18N2O5S/c1-19(17(21)24-2)14-9-7-13(8-10-14)18-16(20)12-5-4-6-15(11-12)25(3,22)23/h4-11H,1-3H3,(H,18,20). The Balaban J connectivity index is 2.15. The summed E-state index contributed by atoms with van der Waals surface area (Å²) in [6, 6.07) is 12.4. The van der Waals surface area contributed by atoms with Gasteiger partial charge in [-0.3, -0.25) is 9.69 Å². The molecule has 0 saturated carbocycles. The fourth-order valence-electron chi connectivity index (χ4n) is 2.08. The van der Waals surface area contributed by atoms with Gasteiger partial charge in [-0.15, -0.1) is 0 Å². The number of amides is 2. The first-order valence-electron chi connectivity index (χ1n) is 7.25. The van der Waals surface area contributed by atoms with Gasteiger partial charge in [-0.05, 0) is 42.5 Å². The van der Waals surface area contributed by atoms with E-state index in [0.717, 1.165) is 6.26 Å². The molecule has 0 aliphatic carbocycles. The van der Waals surface area contributed by atoms with Crippen molar-refractivity contribution in [1.82, 2.24) is 0 Å². The fourth-order valence-corrected chi connectivity index (χ4v) is 2.75. The van der Waals surface area contributed by atoms with E-state index in [9.17, 15) is 18.0 Å². The maximum Gasteiger partial charge on any atom is 0.413 e. The molecule has 0 spiro atoms. The van der Waals surface area contributed by atoms with Crippen molar-refractivity contribution in [2.24, 2.45) is 0 Å². The smallest absolute Gasteiger partial charge is 0.413 e. The molecule has 7 nitrogen and oxygen atoms in total. The van der Waals surface area contributed by atoms with Crippen LogP contribution in [0, 0.1) is 0 Å². The monoisotopic (exact) mass is 362 g/mol. The Labute approximate surface area is 146 Å². The van der Waals surface area contributed by atoms with E-state index in [1.54, 1.807) is 31.3 Å². The van der Waals surface area contributed by atoms with Gasteiger partial charge in [0.15, 0.2) is 9.84 Å². The van der Waals surface area contributed by atoms with Crippen LogP contribution in [0.3, 0.4) is 0 Å². The van der Waals surface area contributed by atoms with Crippen LogP contribution in [0.25, 0.3) is 0 Å². The van der Waals surface area contributed by atoms with Gasteiger partial charge in [0.25, 0.3) is 5.91 Å². The summed E-state index contributed by atoms with van der Waals surface area (Å²) in [4.78, 5) is 25.1. The van der Waals surface area contributed by atoms with Crippen molar-refractivity contribution in [3.8, 4) is 0 Å². The van der Waals surface area contributed by atoms with Crippen molar-refractivity contribution in [1.29, 1.82) is 0 Å². The first kappa shape index (κ1) is 18.5. The van der Waals surface area contributed by atoms with E-state index in [0.29, 0.717) is 11.4 Å². The largest absolute Gasteiger partial charge is 0.452 e. The van der Waals surface area contributed by atoms with E-state index in [4.69, 9.17) is 0 Å². The lowest BCUT2D eigenvalue weighted by molar-refractivity contribution is 0.102. The fraction of sp³-hybridized carbons (Fsp3) is 0.176. The number of hydrogen-bond donors (Lipinski definition) is 1. The van der Waals surface area contributed by atoms with E-state index in [1.807, 2.05) is 0 Å². The lowest BCUT2D eigenvalue weighted by atomic mass is 10.2. The summed E-state index contributed by atoms with van der Waals surface area (Å²) >= 11 is 0. The normalized spacial score (nSPS) is 10.8. The van der Waals surface area contributed by atoms with Gasteiger partial charge in [0.2, 0.25) is 0 Å². The zero-order chi connectivity index (χ0) is 18.6. The number of sulfone groups is 1. The lowest BCUT2D eigenvalue weighted by Crippen LogP contribution is -2.25. The number of hydrogen-bond acceptors (Lipinski definition) is 5. The number of carbonyl (C=O) groups excluding carboxylic acids is 2. The van der Waals surface area contributed by atoms with Crippen LogP contribution in [0.4, 0.5) is 16.2 Å². The van der Waals surface area contributed by atoms with Crippen LogP contribution in [-0.4, -0.2) is 40.8 Å². The number of nitrogens with zero attached hydrogens (tertiary/aromatic N) is 1. The van der Waals surface area contributed by atoms with Crippen LogP contribution in [0.1, 0.15) is 10.4 Å². The molecule has 1 N–H and O–H groups in total. The van der Waals surface area contributed by atoms with Crippen molar-refractivity contribution < 1.29 is 22.7 Å². The number of ether oxygens (including phenoxy) is 1. The Morgan fingerprint density at radius 1 is 1.08 bits per heavy atom. The molecule has 8 heteroatoms. The average molecular weight is 362 g/mol. The molecule has 0 aliphatic heterocycles. The minimum atomic E-state index is -3.39. The average Bonchev–Trinajstić information content (AvgIpc) is 2.60. The number of anilines is 2. The van der Waals surface area contributed by atoms with E-state index >= 15 is 0 Å². The minimum Gasteiger partial charge on any atom is -0.452 e. The Morgan fingerprint density at radius 2 is 1.72 bits per heavy atom. The number of carbonyl (C=O) groups is 2. The van der Waals surface area contributed by atoms with Crippen LogP contribution in [0.5, 0.6) is 0 Å². The highest BCUT2D eigenvalue weighted by molar-refractivity contribution is 7.90. The molecular weight excluding hydrogens is 344 g/mol. The van der Waals surface area contributed by atoms with Gasteiger partial charge in [0.05, 0.1) is 12.0 Å². The third-order valence-electron chi connectivity index (χ3n) is 3.49. The summed E-state index contributed by atoms with van der Waals surface area (Å²) in [5, 5.41) is 2.68. The third-order valence-corrected chi connectivity index (χ3v) is 4.60. The second-order valence-corrected chi connectivity index (χ2v) is 7.35. The zero-order valence-corrected chi connectivity index (χ0v) is 14.8. The number of benzene rings is 2. The van der Waals surface area contributed by atoms with E-state index in [-0.39, 0.29) is 10.5 Å². The maximum atomic E-state index is 12.3. The van der Waals surface area contributed by atoms with Crippen molar-refractivity contribution in [2.45, 2.75) is 4.90 Å². The second kappa shape index (κ2) is 7.35. The van der Waals surface area contributed by atoms with Crippen LogP contribution < -0.4 is 10.2 Å². The molecule has 132 valence electrons. The zero-order valence-electron chi connectivity index (χ0n) is 14.0. The van der Waals surface area contributed by atoms with Crippen molar-refractivity contribution in [2.75, 3.05) is 30.6 Å². The molecule has 0 atom stereocenters. The molecule has 0 radical (unpaired) electrons. The summed E-state index contributed by atoms with van der Waals surface area (Å²) in [6.45, 7) is 0. The molecule has 0 aromatic heterocycles. The molecule has 2 aromatic rings. The first-order valence-corrected chi connectivity index (χ1v) is 9.14. The molecule has 2 aromatic carbocycles. The van der Waals surface area contributed by atoms with Gasteiger partial charge in [0.1, 0.15) is 0 Å². The van der Waals surface area contributed by atoms with E-state index < -0.39 is 21.8 Å². The second-order valence-electron chi connectivity index (χ2n) is 5.33.